The van der Waals surface area contributed by atoms with E-state index in [1.165, 1.54) is 57.8 Å². The monoisotopic (exact) mass is 251 g/mol. The lowest BCUT2D eigenvalue weighted by Gasteiger charge is -2.35. The molecule has 0 saturated heterocycles. The Kier molecular flexibility index (Phi) is 4.90. The van der Waals surface area contributed by atoms with Gasteiger partial charge >= 0.3 is 0 Å². The minimum Gasteiger partial charge on any atom is -0.370 e. The summed E-state index contributed by atoms with van der Waals surface area (Å²) in [7, 11) is 2.13. The molecule has 0 aromatic heterocycles. The molecule has 0 atom stereocenters. The number of nitrogens with zero attached hydrogens (tertiary/aromatic N) is 2. The summed E-state index contributed by atoms with van der Waals surface area (Å²) in [4.78, 5) is 6.95. The van der Waals surface area contributed by atoms with E-state index in [9.17, 15) is 0 Å². The SMILES string of the molecule is CCC1CCC(N(C)C(N)=NC2CCCC2)CC1. The van der Waals surface area contributed by atoms with Crippen molar-refractivity contribution in [2.24, 2.45) is 16.6 Å². The molecule has 0 radical (unpaired) electrons. The smallest absolute Gasteiger partial charge is 0.191 e. The number of rotatable bonds is 3. The molecule has 2 aliphatic carbocycles. The van der Waals surface area contributed by atoms with Crippen molar-refractivity contribution in [3.63, 3.8) is 0 Å². The Morgan fingerprint density at radius 2 is 1.72 bits per heavy atom. The highest BCUT2D eigenvalue weighted by Crippen LogP contribution is 2.29. The van der Waals surface area contributed by atoms with Crippen molar-refractivity contribution in [1.29, 1.82) is 0 Å². The topological polar surface area (TPSA) is 41.6 Å². The highest BCUT2D eigenvalue weighted by atomic mass is 15.3. The summed E-state index contributed by atoms with van der Waals surface area (Å²) in [6.45, 7) is 2.31. The van der Waals surface area contributed by atoms with Crippen molar-refractivity contribution < 1.29 is 0 Å². The van der Waals surface area contributed by atoms with Gasteiger partial charge in [0.15, 0.2) is 5.96 Å². The zero-order valence-corrected chi connectivity index (χ0v) is 12.1. The summed E-state index contributed by atoms with van der Waals surface area (Å²) in [5.74, 6) is 1.73. The van der Waals surface area contributed by atoms with E-state index >= 15 is 0 Å². The maximum absolute atomic E-state index is 6.17. The van der Waals surface area contributed by atoms with Crippen LogP contribution in [0.3, 0.4) is 0 Å². The van der Waals surface area contributed by atoms with E-state index in [0.717, 1.165) is 11.9 Å². The zero-order valence-electron chi connectivity index (χ0n) is 12.1. The Balaban J connectivity index is 1.84. The van der Waals surface area contributed by atoms with E-state index < -0.39 is 0 Å². The lowest BCUT2D eigenvalue weighted by Crippen LogP contribution is -2.44. The van der Waals surface area contributed by atoms with Crippen LogP contribution in [-0.2, 0) is 0 Å². The van der Waals surface area contributed by atoms with Gasteiger partial charge in [0.25, 0.3) is 0 Å². The molecule has 2 fully saturated rings. The van der Waals surface area contributed by atoms with E-state index in [-0.39, 0.29) is 0 Å². The molecule has 18 heavy (non-hydrogen) atoms. The number of guanidine groups is 1. The van der Waals surface area contributed by atoms with Crippen LogP contribution >= 0.6 is 0 Å². The summed E-state index contributed by atoms with van der Waals surface area (Å²) in [5.41, 5.74) is 6.17. The van der Waals surface area contributed by atoms with Crippen molar-refractivity contribution >= 4 is 5.96 Å². The molecule has 0 bridgehead atoms. The molecule has 0 amide bonds. The Morgan fingerprint density at radius 1 is 1.11 bits per heavy atom. The Labute approximate surface area is 112 Å². The van der Waals surface area contributed by atoms with Gasteiger partial charge in [-0.2, -0.15) is 0 Å². The number of aliphatic imine (C=N–C) groups is 1. The normalized spacial score (nSPS) is 30.7. The molecule has 0 aromatic carbocycles. The maximum Gasteiger partial charge on any atom is 0.191 e. The molecular formula is C15H29N3. The van der Waals surface area contributed by atoms with Crippen molar-refractivity contribution in [1.82, 2.24) is 4.90 Å². The van der Waals surface area contributed by atoms with Crippen LogP contribution in [0.15, 0.2) is 4.99 Å². The number of nitrogens with two attached hydrogens (primary N) is 1. The van der Waals surface area contributed by atoms with Crippen molar-refractivity contribution in [2.45, 2.75) is 76.8 Å². The fourth-order valence-corrected chi connectivity index (χ4v) is 3.44. The molecule has 0 aliphatic heterocycles. The lowest BCUT2D eigenvalue weighted by atomic mass is 9.84. The largest absolute Gasteiger partial charge is 0.370 e. The van der Waals surface area contributed by atoms with Gasteiger partial charge in [0.2, 0.25) is 0 Å². The molecule has 0 unspecified atom stereocenters. The molecule has 0 heterocycles. The summed E-state index contributed by atoms with van der Waals surface area (Å²) in [6.07, 6.45) is 11.8. The summed E-state index contributed by atoms with van der Waals surface area (Å²) in [6, 6.07) is 1.12. The first-order valence-electron chi connectivity index (χ1n) is 7.76. The average Bonchev–Trinajstić information content (AvgIpc) is 2.91. The van der Waals surface area contributed by atoms with Gasteiger partial charge in [-0.05, 0) is 44.4 Å². The van der Waals surface area contributed by atoms with E-state index in [1.54, 1.807) is 0 Å². The second-order valence-electron chi connectivity index (χ2n) is 6.12. The van der Waals surface area contributed by atoms with Gasteiger partial charge in [0.1, 0.15) is 0 Å². The minimum atomic E-state index is 0.499. The fraction of sp³-hybridized carbons (Fsp3) is 0.933. The third-order valence-electron chi connectivity index (χ3n) is 4.94. The second-order valence-corrected chi connectivity index (χ2v) is 6.12. The first-order chi connectivity index (χ1) is 8.70. The van der Waals surface area contributed by atoms with Crippen molar-refractivity contribution in [3.05, 3.63) is 0 Å². The van der Waals surface area contributed by atoms with Crippen LogP contribution in [-0.4, -0.2) is 30.0 Å². The predicted molar refractivity (Wildman–Crippen MR) is 77.7 cm³/mol. The highest BCUT2D eigenvalue weighted by Gasteiger charge is 2.24. The highest BCUT2D eigenvalue weighted by molar-refractivity contribution is 5.78. The van der Waals surface area contributed by atoms with Gasteiger partial charge in [-0.3, -0.25) is 0 Å². The third kappa shape index (κ3) is 3.39. The Bertz CT molecular complexity index is 273. The molecule has 2 rings (SSSR count). The standard InChI is InChI=1S/C15H29N3/c1-3-12-8-10-14(11-9-12)18(2)15(16)17-13-6-4-5-7-13/h12-14H,3-11H2,1-2H3,(H2,16,17). The van der Waals surface area contributed by atoms with Crippen LogP contribution in [0.4, 0.5) is 0 Å². The fourth-order valence-electron chi connectivity index (χ4n) is 3.44. The summed E-state index contributed by atoms with van der Waals surface area (Å²) < 4.78 is 0. The quantitative estimate of drug-likeness (QED) is 0.618. The predicted octanol–water partition coefficient (Wildman–Crippen LogP) is 3.14. The molecule has 2 aliphatic rings. The molecule has 104 valence electrons. The number of hydrogen-bond donors (Lipinski definition) is 1. The molecular weight excluding hydrogens is 222 g/mol. The van der Waals surface area contributed by atoms with Gasteiger partial charge in [-0.25, -0.2) is 4.99 Å². The van der Waals surface area contributed by atoms with Gasteiger partial charge in [-0.1, -0.05) is 26.2 Å². The molecule has 3 nitrogen and oxygen atoms in total. The van der Waals surface area contributed by atoms with Crippen molar-refractivity contribution in [2.75, 3.05) is 7.05 Å². The second kappa shape index (κ2) is 6.44. The molecule has 2 N–H and O–H groups in total. The average molecular weight is 251 g/mol. The van der Waals surface area contributed by atoms with E-state index in [4.69, 9.17) is 10.7 Å². The molecule has 0 spiro atoms. The first-order valence-corrected chi connectivity index (χ1v) is 7.76. The van der Waals surface area contributed by atoms with E-state index in [0.29, 0.717) is 12.1 Å². The van der Waals surface area contributed by atoms with Gasteiger partial charge in [0, 0.05) is 13.1 Å². The third-order valence-corrected chi connectivity index (χ3v) is 4.94. The Hall–Kier alpha value is -0.730. The van der Waals surface area contributed by atoms with Crippen LogP contribution in [0, 0.1) is 5.92 Å². The van der Waals surface area contributed by atoms with Gasteiger partial charge in [-0.15, -0.1) is 0 Å². The van der Waals surface area contributed by atoms with E-state index in [1.807, 2.05) is 0 Å². The minimum absolute atomic E-state index is 0.499. The lowest BCUT2D eigenvalue weighted by molar-refractivity contribution is 0.224. The zero-order chi connectivity index (χ0) is 13.0. The first kappa shape index (κ1) is 13.7. The van der Waals surface area contributed by atoms with E-state index in [2.05, 4.69) is 18.9 Å². The van der Waals surface area contributed by atoms with Crippen LogP contribution in [0.2, 0.25) is 0 Å². The molecule has 3 heteroatoms. The summed E-state index contributed by atoms with van der Waals surface area (Å²) in [5, 5.41) is 0. The van der Waals surface area contributed by atoms with Crippen LogP contribution in [0.5, 0.6) is 0 Å². The molecule has 0 aromatic rings. The number of hydrogen-bond acceptors (Lipinski definition) is 1. The van der Waals surface area contributed by atoms with Crippen LogP contribution < -0.4 is 5.73 Å². The van der Waals surface area contributed by atoms with Crippen LogP contribution in [0.1, 0.15) is 64.7 Å². The summed E-state index contributed by atoms with van der Waals surface area (Å²) >= 11 is 0. The molecule has 2 saturated carbocycles. The van der Waals surface area contributed by atoms with Crippen molar-refractivity contribution in [3.8, 4) is 0 Å². The van der Waals surface area contributed by atoms with Gasteiger partial charge in [0.05, 0.1) is 6.04 Å². The van der Waals surface area contributed by atoms with Gasteiger partial charge < -0.3 is 10.6 Å². The Morgan fingerprint density at radius 3 is 2.28 bits per heavy atom. The maximum atomic E-state index is 6.17. The van der Waals surface area contributed by atoms with Crippen LogP contribution in [0.25, 0.3) is 0 Å².